The van der Waals surface area contributed by atoms with Crippen molar-refractivity contribution >= 4 is 40.9 Å². The number of ether oxygens (including phenoxy) is 1. The first-order valence-electron chi connectivity index (χ1n) is 8.04. The Labute approximate surface area is 161 Å². The van der Waals surface area contributed by atoms with Crippen LogP contribution in [0.1, 0.15) is 34.2 Å². The zero-order valence-electron chi connectivity index (χ0n) is 15.0. The fourth-order valence-electron chi connectivity index (χ4n) is 2.46. The Hall–Kier alpha value is -3.27. The van der Waals surface area contributed by atoms with E-state index < -0.39 is 10.9 Å². The molecule has 1 heterocycles. The Bertz CT molecular complexity index is 907. The first-order chi connectivity index (χ1) is 12.8. The molecule has 0 saturated heterocycles. The lowest BCUT2D eigenvalue weighted by Crippen LogP contribution is -2.24. The second-order valence-electron chi connectivity index (χ2n) is 5.48. The SMILES string of the molecule is CCOC(=O)c1c(C)[nH]c(/C=N/NC(=S)Nc2ccccc2[N+](=O)[O-])c1C. The molecule has 0 spiro atoms. The molecule has 3 N–H and O–H groups in total. The fourth-order valence-corrected chi connectivity index (χ4v) is 2.62. The highest BCUT2D eigenvalue weighted by Crippen LogP contribution is 2.23. The van der Waals surface area contributed by atoms with Gasteiger partial charge in [0.25, 0.3) is 5.69 Å². The van der Waals surface area contributed by atoms with Crippen LogP contribution in [0.2, 0.25) is 0 Å². The van der Waals surface area contributed by atoms with Crippen molar-refractivity contribution in [1.82, 2.24) is 10.4 Å². The van der Waals surface area contributed by atoms with Gasteiger partial charge in [-0.3, -0.25) is 15.5 Å². The van der Waals surface area contributed by atoms with Crippen molar-refractivity contribution in [2.75, 3.05) is 11.9 Å². The number of benzene rings is 1. The van der Waals surface area contributed by atoms with Gasteiger partial charge in [0.1, 0.15) is 5.69 Å². The van der Waals surface area contributed by atoms with Gasteiger partial charge in [-0.2, -0.15) is 5.10 Å². The molecule has 1 aromatic carbocycles. The van der Waals surface area contributed by atoms with Crippen LogP contribution in [-0.4, -0.2) is 33.8 Å². The number of esters is 1. The topological polar surface area (TPSA) is 122 Å². The second-order valence-corrected chi connectivity index (χ2v) is 5.89. The fraction of sp³-hybridized carbons (Fsp3) is 0.235. The largest absolute Gasteiger partial charge is 0.462 e. The van der Waals surface area contributed by atoms with Gasteiger partial charge in [0.2, 0.25) is 0 Å². The normalized spacial score (nSPS) is 10.6. The summed E-state index contributed by atoms with van der Waals surface area (Å²) in [5.41, 5.74) is 5.22. The highest BCUT2D eigenvalue weighted by Gasteiger charge is 2.18. The molecule has 0 saturated carbocycles. The average Bonchev–Trinajstić information content (AvgIpc) is 2.89. The van der Waals surface area contributed by atoms with Crippen molar-refractivity contribution in [3.05, 3.63) is 56.9 Å². The van der Waals surface area contributed by atoms with E-state index in [1.54, 1.807) is 39.0 Å². The molecule has 0 bridgehead atoms. The van der Waals surface area contributed by atoms with Crippen molar-refractivity contribution in [2.45, 2.75) is 20.8 Å². The predicted molar refractivity (Wildman–Crippen MR) is 106 cm³/mol. The predicted octanol–water partition coefficient (Wildman–Crippen LogP) is 3.04. The van der Waals surface area contributed by atoms with Gasteiger partial charge in [-0.25, -0.2) is 4.79 Å². The Morgan fingerprint density at radius 2 is 2.11 bits per heavy atom. The summed E-state index contributed by atoms with van der Waals surface area (Å²) in [7, 11) is 0. The van der Waals surface area contributed by atoms with E-state index in [9.17, 15) is 14.9 Å². The highest BCUT2D eigenvalue weighted by atomic mass is 32.1. The molecular weight excluding hydrogens is 370 g/mol. The van der Waals surface area contributed by atoms with Crippen molar-refractivity contribution in [3.8, 4) is 0 Å². The number of H-pyrrole nitrogens is 1. The van der Waals surface area contributed by atoms with E-state index in [1.807, 2.05) is 0 Å². The number of aromatic amines is 1. The minimum Gasteiger partial charge on any atom is -0.462 e. The summed E-state index contributed by atoms with van der Waals surface area (Å²) in [6, 6.07) is 6.13. The van der Waals surface area contributed by atoms with Crippen LogP contribution in [-0.2, 0) is 4.74 Å². The van der Waals surface area contributed by atoms with Crippen LogP contribution in [0, 0.1) is 24.0 Å². The van der Waals surface area contributed by atoms with E-state index in [-0.39, 0.29) is 16.5 Å². The first-order valence-corrected chi connectivity index (χ1v) is 8.45. The zero-order chi connectivity index (χ0) is 20.0. The average molecular weight is 389 g/mol. The van der Waals surface area contributed by atoms with E-state index in [0.717, 1.165) is 0 Å². The number of nitro groups is 1. The van der Waals surface area contributed by atoms with Crippen LogP contribution in [0.5, 0.6) is 0 Å². The monoisotopic (exact) mass is 389 g/mol. The van der Waals surface area contributed by atoms with Crippen molar-refractivity contribution < 1.29 is 14.5 Å². The molecule has 0 unspecified atom stereocenters. The van der Waals surface area contributed by atoms with Crippen LogP contribution in [0.15, 0.2) is 29.4 Å². The summed E-state index contributed by atoms with van der Waals surface area (Å²) in [6.07, 6.45) is 1.47. The molecule has 9 nitrogen and oxygen atoms in total. The summed E-state index contributed by atoms with van der Waals surface area (Å²) in [5, 5.41) is 17.8. The second kappa shape index (κ2) is 8.90. The van der Waals surface area contributed by atoms with E-state index in [2.05, 4.69) is 20.8 Å². The van der Waals surface area contributed by atoms with Crippen LogP contribution in [0.4, 0.5) is 11.4 Å². The number of nitrogens with zero attached hydrogens (tertiary/aromatic N) is 2. The van der Waals surface area contributed by atoms with Crippen molar-refractivity contribution in [1.29, 1.82) is 0 Å². The minimum absolute atomic E-state index is 0.0899. The zero-order valence-corrected chi connectivity index (χ0v) is 15.8. The van der Waals surface area contributed by atoms with Crippen LogP contribution in [0.25, 0.3) is 0 Å². The number of hydrogen-bond acceptors (Lipinski definition) is 6. The van der Waals surface area contributed by atoms with Crippen molar-refractivity contribution in [3.63, 3.8) is 0 Å². The number of aromatic nitrogens is 1. The lowest BCUT2D eigenvalue weighted by Gasteiger charge is -2.07. The molecule has 10 heteroatoms. The Balaban J connectivity index is 2.06. The van der Waals surface area contributed by atoms with Gasteiger partial charge in [0.05, 0.1) is 29.0 Å². The van der Waals surface area contributed by atoms with E-state index in [1.165, 1.54) is 12.3 Å². The number of carbonyl (C=O) groups is 1. The third-order valence-electron chi connectivity index (χ3n) is 3.66. The van der Waals surface area contributed by atoms with Gasteiger partial charge >= 0.3 is 5.97 Å². The minimum atomic E-state index is -0.504. The number of aryl methyl sites for hydroxylation is 1. The maximum absolute atomic E-state index is 12.0. The Kier molecular flexibility index (Phi) is 6.61. The quantitative estimate of drug-likeness (QED) is 0.228. The molecular formula is C17H19N5O4S. The molecule has 142 valence electrons. The number of nitro benzene ring substituents is 1. The summed E-state index contributed by atoms with van der Waals surface area (Å²) in [6.45, 7) is 5.58. The first kappa shape index (κ1) is 20.0. The molecule has 0 fully saturated rings. The number of hydrazone groups is 1. The van der Waals surface area contributed by atoms with E-state index in [4.69, 9.17) is 17.0 Å². The number of thiocarbonyl (C=S) groups is 1. The number of para-hydroxylation sites is 2. The van der Waals surface area contributed by atoms with Gasteiger partial charge in [0, 0.05) is 11.8 Å². The molecule has 0 radical (unpaired) electrons. The number of hydrogen-bond donors (Lipinski definition) is 3. The number of carbonyl (C=O) groups excluding carboxylic acids is 1. The third kappa shape index (κ3) is 4.88. The highest BCUT2D eigenvalue weighted by molar-refractivity contribution is 7.80. The Morgan fingerprint density at radius 3 is 2.78 bits per heavy atom. The van der Waals surface area contributed by atoms with Gasteiger partial charge < -0.3 is 15.0 Å². The molecule has 0 aliphatic rings. The summed E-state index contributed by atoms with van der Waals surface area (Å²) in [4.78, 5) is 25.5. The van der Waals surface area contributed by atoms with Gasteiger partial charge in [0.15, 0.2) is 5.11 Å². The molecule has 2 rings (SSSR count). The van der Waals surface area contributed by atoms with Gasteiger partial charge in [-0.05, 0) is 44.6 Å². The molecule has 0 aliphatic carbocycles. The molecule has 27 heavy (non-hydrogen) atoms. The molecule has 0 amide bonds. The summed E-state index contributed by atoms with van der Waals surface area (Å²) in [5.74, 6) is -0.398. The number of rotatable bonds is 6. The maximum Gasteiger partial charge on any atom is 0.340 e. The number of anilines is 1. The lowest BCUT2D eigenvalue weighted by atomic mass is 10.1. The Morgan fingerprint density at radius 1 is 1.41 bits per heavy atom. The van der Waals surface area contributed by atoms with E-state index >= 15 is 0 Å². The molecule has 0 aliphatic heterocycles. The van der Waals surface area contributed by atoms with Crippen molar-refractivity contribution in [2.24, 2.45) is 5.10 Å². The smallest absolute Gasteiger partial charge is 0.340 e. The summed E-state index contributed by atoms with van der Waals surface area (Å²) < 4.78 is 5.04. The van der Waals surface area contributed by atoms with Gasteiger partial charge in [-0.1, -0.05) is 12.1 Å². The third-order valence-corrected chi connectivity index (χ3v) is 3.86. The summed E-state index contributed by atoms with van der Waals surface area (Å²) >= 11 is 5.09. The van der Waals surface area contributed by atoms with Gasteiger partial charge in [-0.15, -0.1) is 0 Å². The van der Waals surface area contributed by atoms with Crippen LogP contribution >= 0.6 is 12.2 Å². The maximum atomic E-state index is 12.0. The lowest BCUT2D eigenvalue weighted by molar-refractivity contribution is -0.383. The molecule has 1 aromatic heterocycles. The van der Waals surface area contributed by atoms with Crippen LogP contribution in [0.3, 0.4) is 0 Å². The van der Waals surface area contributed by atoms with E-state index in [0.29, 0.717) is 29.1 Å². The molecule has 0 atom stereocenters. The standard InChI is InChI=1S/C17H19N5O4S/c1-4-26-16(23)15-10(2)13(19-11(15)3)9-18-21-17(27)20-12-7-5-6-8-14(12)22(24)25/h5-9,19H,4H2,1-3H3,(H2,20,21,27)/b18-9+. The number of nitrogens with one attached hydrogen (secondary N) is 3. The van der Waals surface area contributed by atoms with Crippen LogP contribution < -0.4 is 10.7 Å². The molecule has 2 aromatic rings.